The Balaban J connectivity index is 3.34. The van der Waals surface area contributed by atoms with Crippen molar-refractivity contribution in [2.75, 3.05) is 18.0 Å². The maximum atomic E-state index is 11.2. The molecule has 1 aromatic rings. The number of nitro groups is 1. The summed E-state index contributed by atoms with van der Waals surface area (Å²) < 4.78 is 0. The van der Waals surface area contributed by atoms with Crippen molar-refractivity contribution in [1.82, 2.24) is 0 Å². The minimum Gasteiger partial charge on any atom is -0.339 e. The van der Waals surface area contributed by atoms with Gasteiger partial charge in [-0.1, -0.05) is 0 Å². The molecule has 0 aliphatic carbocycles. The number of nitrogens with zero attached hydrogens (tertiary/aromatic N) is 4. The number of carbonyl (C=O) groups is 1. The summed E-state index contributed by atoms with van der Waals surface area (Å²) in [6, 6.07) is 7.65. The molecule has 0 aromatic heterocycles. The largest absolute Gasteiger partial charge is 0.339 e. The van der Waals surface area contributed by atoms with Gasteiger partial charge in [-0.25, -0.2) is 0 Å². The van der Waals surface area contributed by atoms with Crippen LogP contribution in [0.2, 0.25) is 0 Å². The monoisotopic (exact) mass is 258 g/mol. The molecule has 0 spiro atoms. The summed E-state index contributed by atoms with van der Waals surface area (Å²) in [5.41, 5.74) is 0.0700. The molecule has 0 fully saturated rings. The molecule has 19 heavy (non-hydrogen) atoms. The molecule has 0 aliphatic heterocycles. The average molecular weight is 258 g/mol. The van der Waals surface area contributed by atoms with Crippen molar-refractivity contribution in [2.24, 2.45) is 0 Å². The highest BCUT2D eigenvalue weighted by Gasteiger charge is 2.20. The third kappa shape index (κ3) is 3.27. The average Bonchev–Trinajstić information content (AvgIpc) is 2.37. The van der Waals surface area contributed by atoms with Gasteiger partial charge in [0.1, 0.15) is 18.8 Å². The highest BCUT2D eigenvalue weighted by molar-refractivity contribution is 5.95. The topological polar surface area (TPSA) is 111 Å². The second-order valence-corrected chi connectivity index (χ2v) is 3.69. The van der Waals surface area contributed by atoms with Crippen LogP contribution in [-0.4, -0.2) is 23.8 Å². The van der Waals surface area contributed by atoms with E-state index < -0.39 is 4.92 Å². The molecule has 1 rings (SSSR count). The summed E-state index contributed by atoms with van der Waals surface area (Å²) in [6.07, 6.45) is 0. The first-order chi connectivity index (χ1) is 9.01. The Morgan fingerprint density at radius 1 is 1.37 bits per heavy atom. The quantitative estimate of drug-likeness (QED) is 0.343. The summed E-state index contributed by atoms with van der Waals surface area (Å²) in [5, 5.41) is 28.4. The fourth-order valence-corrected chi connectivity index (χ4v) is 1.55. The number of benzene rings is 1. The Bertz CT molecular complexity index is 582. The van der Waals surface area contributed by atoms with Gasteiger partial charge in [0.2, 0.25) is 0 Å². The fraction of sp³-hybridized carbons (Fsp3) is 0.250. The van der Waals surface area contributed by atoms with Crippen LogP contribution in [0.25, 0.3) is 0 Å². The van der Waals surface area contributed by atoms with Gasteiger partial charge in [-0.3, -0.25) is 14.9 Å². The fourth-order valence-electron chi connectivity index (χ4n) is 1.55. The number of ketones is 1. The van der Waals surface area contributed by atoms with E-state index in [-0.39, 0.29) is 35.8 Å². The first-order valence-corrected chi connectivity index (χ1v) is 5.29. The second kappa shape index (κ2) is 6.12. The van der Waals surface area contributed by atoms with Gasteiger partial charge in [0.15, 0.2) is 5.78 Å². The summed E-state index contributed by atoms with van der Waals surface area (Å²) in [6.45, 7) is 1.02. The maximum Gasteiger partial charge on any atom is 0.293 e. The first-order valence-electron chi connectivity index (χ1n) is 5.29. The van der Waals surface area contributed by atoms with Gasteiger partial charge in [0.05, 0.1) is 17.1 Å². The summed E-state index contributed by atoms with van der Waals surface area (Å²) in [4.78, 5) is 22.9. The maximum absolute atomic E-state index is 11.2. The highest BCUT2D eigenvalue weighted by atomic mass is 16.6. The lowest BCUT2D eigenvalue weighted by Gasteiger charge is -2.18. The standard InChI is InChI=1S/C12H10N4O3/c1-9(17)10-2-3-11(12(8-10)16(18)19)15(6-4-13)7-5-14/h2-3,8H,6-7H2,1H3. The summed E-state index contributed by atoms with van der Waals surface area (Å²) in [5.74, 6) is -0.290. The van der Waals surface area contributed by atoms with E-state index >= 15 is 0 Å². The van der Waals surface area contributed by atoms with E-state index in [0.29, 0.717) is 0 Å². The number of rotatable bonds is 5. The minimum absolute atomic E-state index is 0.145. The molecule has 0 N–H and O–H groups in total. The minimum atomic E-state index is -0.635. The Morgan fingerprint density at radius 2 is 1.95 bits per heavy atom. The normalized spacial score (nSPS) is 9.21. The second-order valence-electron chi connectivity index (χ2n) is 3.69. The summed E-state index contributed by atoms with van der Waals surface area (Å²) in [7, 11) is 0. The van der Waals surface area contributed by atoms with Crippen LogP contribution in [0.1, 0.15) is 17.3 Å². The van der Waals surface area contributed by atoms with E-state index in [1.807, 2.05) is 12.1 Å². The van der Waals surface area contributed by atoms with Crippen LogP contribution in [0.15, 0.2) is 18.2 Å². The van der Waals surface area contributed by atoms with Gasteiger partial charge in [-0.05, 0) is 19.1 Å². The van der Waals surface area contributed by atoms with E-state index in [1.165, 1.54) is 24.0 Å². The van der Waals surface area contributed by atoms with Gasteiger partial charge in [0.25, 0.3) is 5.69 Å². The molecule has 0 aliphatic rings. The SMILES string of the molecule is CC(=O)c1ccc(N(CC#N)CC#N)c([N+](=O)[O-])c1. The smallest absolute Gasteiger partial charge is 0.293 e. The molecule has 96 valence electrons. The molecule has 0 saturated carbocycles. The predicted octanol–water partition coefficient (Wildman–Crippen LogP) is 1.65. The predicted molar refractivity (Wildman–Crippen MR) is 66.5 cm³/mol. The van der Waals surface area contributed by atoms with Crippen molar-refractivity contribution in [2.45, 2.75) is 6.92 Å². The van der Waals surface area contributed by atoms with Crippen LogP contribution in [-0.2, 0) is 0 Å². The lowest BCUT2D eigenvalue weighted by atomic mass is 10.1. The number of hydrogen-bond donors (Lipinski definition) is 0. The van der Waals surface area contributed by atoms with Gasteiger partial charge >= 0.3 is 0 Å². The van der Waals surface area contributed by atoms with Gasteiger partial charge in [0, 0.05) is 11.6 Å². The van der Waals surface area contributed by atoms with E-state index in [9.17, 15) is 14.9 Å². The van der Waals surface area contributed by atoms with Gasteiger partial charge in [-0.15, -0.1) is 0 Å². The lowest BCUT2D eigenvalue weighted by molar-refractivity contribution is -0.384. The Labute approximate surface area is 109 Å². The third-order valence-corrected chi connectivity index (χ3v) is 2.44. The van der Waals surface area contributed by atoms with Crippen molar-refractivity contribution >= 4 is 17.2 Å². The molecule has 0 atom stereocenters. The van der Waals surface area contributed by atoms with Crippen molar-refractivity contribution in [3.63, 3.8) is 0 Å². The molecule has 0 amide bonds. The molecule has 1 aromatic carbocycles. The van der Waals surface area contributed by atoms with E-state index in [0.717, 1.165) is 6.07 Å². The Morgan fingerprint density at radius 3 is 2.37 bits per heavy atom. The Hall–Kier alpha value is -2.93. The molecular weight excluding hydrogens is 248 g/mol. The van der Waals surface area contributed by atoms with Crippen molar-refractivity contribution in [1.29, 1.82) is 10.5 Å². The van der Waals surface area contributed by atoms with E-state index in [4.69, 9.17) is 10.5 Å². The number of nitro benzene ring substituents is 1. The third-order valence-electron chi connectivity index (χ3n) is 2.44. The van der Waals surface area contributed by atoms with Gasteiger partial charge < -0.3 is 4.90 Å². The van der Waals surface area contributed by atoms with Crippen LogP contribution in [0.3, 0.4) is 0 Å². The molecule has 0 saturated heterocycles. The number of nitriles is 2. The molecule has 7 heteroatoms. The van der Waals surface area contributed by atoms with Crippen molar-refractivity contribution in [3.8, 4) is 12.1 Å². The van der Waals surface area contributed by atoms with E-state index in [1.54, 1.807) is 0 Å². The van der Waals surface area contributed by atoms with Crippen molar-refractivity contribution in [3.05, 3.63) is 33.9 Å². The molecule has 0 unspecified atom stereocenters. The van der Waals surface area contributed by atoms with Crippen LogP contribution >= 0.6 is 0 Å². The van der Waals surface area contributed by atoms with Crippen LogP contribution in [0, 0.1) is 32.8 Å². The number of hydrogen-bond acceptors (Lipinski definition) is 6. The lowest BCUT2D eigenvalue weighted by Crippen LogP contribution is -2.24. The van der Waals surface area contributed by atoms with E-state index in [2.05, 4.69) is 0 Å². The first kappa shape index (κ1) is 14.1. The zero-order chi connectivity index (χ0) is 14.4. The molecule has 7 nitrogen and oxygen atoms in total. The molecule has 0 heterocycles. The van der Waals surface area contributed by atoms with Crippen LogP contribution in [0.4, 0.5) is 11.4 Å². The van der Waals surface area contributed by atoms with Crippen molar-refractivity contribution < 1.29 is 9.72 Å². The molecule has 0 radical (unpaired) electrons. The number of Topliss-reactive ketones (excluding diaryl/α,β-unsaturated/α-hetero) is 1. The highest BCUT2D eigenvalue weighted by Crippen LogP contribution is 2.29. The molecular formula is C12H10N4O3. The summed E-state index contributed by atoms with van der Waals surface area (Å²) >= 11 is 0. The number of anilines is 1. The van der Waals surface area contributed by atoms with Crippen LogP contribution in [0.5, 0.6) is 0 Å². The zero-order valence-corrected chi connectivity index (χ0v) is 10.2. The van der Waals surface area contributed by atoms with Gasteiger partial charge in [-0.2, -0.15) is 10.5 Å². The van der Waals surface area contributed by atoms with Crippen LogP contribution < -0.4 is 4.90 Å². The Kier molecular flexibility index (Phi) is 4.56. The zero-order valence-electron chi connectivity index (χ0n) is 10.2. The number of carbonyl (C=O) groups excluding carboxylic acids is 1. The molecule has 0 bridgehead atoms.